The number of hydrogen-bond acceptors (Lipinski definition) is 3. The molecule has 25 heavy (non-hydrogen) atoms. The van der Waals surface area contributed by atoms with E-state index in [1.165, 1.54) is 5.56 Å². The number of carbonyl (C=O) groups excluding carboxylic acids is 2. The molecule has 0 aliphatic rings. The molecule has 3 N–H and O–H groups in total. The summed E-state index contributed by atoms with van der Waals surface area (Å²) in [5.74, 6) is -0.668. The van der Waals surface area contributed by atoms with Gasteiger partial charge in [0.05, 0.1) is 5.52 Å². The highest BCUT2D eigenvalue weighted by Crippen LogP contribution is 2.15. The van der Waals surface area contributed by atoms with Crippen molar-refractivity contribution in [3.05, 3.63) is 59.8 Å². The summed E-state index contributed by atoms with van der Waals surface area (Å²) in [6.45, 7) is 3.71. The van der Waals surface area contributed by atoms with Gasteiger partial charge in [0.25, 0.3) is 5.91 Å². The molecule has 3 aromatic rings. The lowest BCUT2D eigenvalue weighted by Gasteiger charge is -2.13. The molecule has 1 heterocycles. The van der Waals surface area contributed by atoms with Crippen molar-refractivity contribution in [2.75, 3.05) is 5.32 Å². The van der Waals surface area contributed by atoms with Crippen molar-refractivity contribution in [1.29, 1.82) is 0 Å². The quantitative estimate of drug-likeness (QED) is 0.669. The summed E-state index contributed by atoms with van der Waals surface area (Å²) in [5.41, 5.74) is 2.96. The van der Waals surface area contributed by atoms with Crippen LogP contribution in [0.5, 0.6) is 0 Å². The topological polar surface area (TPSA) is 86.9 Å². The van der Waals surface area contributed by atoms with E-state index < -0.39 is 6.04 Å². The summed E-state index contributed by atoms with van der Waals surface area (Å²) < 4.78 is 0. The molecule has 1 unspecified atom stereocenters. The minimum absolute atomic E-state index is 0.280. The van der Waals surface area contributed by atoms with Crippen LogP contribution in [0.4, 0.5) is 5.69 Å². The Hall–Kier alpha value is -3.15. The van der Waals surface area contributed by atoms with Crippen LogP contribution in [0.25, 0.3) is 10.9 Å². The lowest BCUT2D eigenvalue weighted by molar-refractivity contribution is -0.117. The third-order valence-corrected chi connectivity index (χ3v) is 4.06. The smallest absolute Gasteiger partial charge is 0.273 e. The Bertz CT molecular complexity index is 899. The number of amides is 2. The van der Waals surface area contributed by atoms with Crippen LogP contribution in [0.3, 0.4) is 0 Å². The van der Waals surface area contributed by atoms with Gasteiger partial charge < -0.3 is 10.6 Å². The summed E-state index contributed by atoms with van der Waals surface area (Å²) in [5, 5.41) is 13.1. The van der Waals surface area contributed by atoms with Crippen LogP contribution >= 0.6 is 0 Å². The fraction of sp³-hybridized carbons (Fsp3) is 0.211. The van der Waals surface area contributed by atoms with E-state index in [0.717, 1.165) is 17.3 Å². The van der Waals surface area contributed by atoms with E-state index in [1.807, 2.05) is 48.5 Å². The van der Waals surface area contributed by atoms with Crippen molar-refractivity contribution in [2.24, 2.45) is 0 Å². The number of rotatable bonds is 5. The average Bonchev–Trinajstić information content (AvgIpc) is 3.06. The Kier molecular flexibility index (Phi) is 4.79. The lowest BCUT2D eigenvalue weighted by Crippen LogP contribution is -2.41. The van der Waals surface area contributed by atoms with Crippen LogP contribution in [-0.2, 0) is 11.2 Å². The fourth-order valence-corrected chi connectivity index (χ4v) is 2.54. The first-order chi connectivity index (χ1) is 12.1. The molecule has 0 saturated heterocycles. The zero-order valence-corrected chi connectivity index (χ0v) is 14.2. The fourth-order valence-electron chi connectivity index (χ4n) is 2.54. The largest absolute Gasteiger partial charge is 0.339 e. The molecule has 2 aromatic carbocycles. The number of aromatic nitrogens is 2. The molecule has 128 valence electrons. The molecule has 3 rings (SSSR count). The third kappa shape index (κ3) is 3.68. The van der Waals surface area contributed by atoms with E-state index in [1.54, 1.807) is 6.92 Å². The van der Waals surface area contributed by atoms with Gasteiger partial charge in [-0.3, -0.25) is 14.7 Å². The van der Waals surface area contributed by atoms with E-state index >= 15 is 0 Å². The van der Waals surface area contributed by atoms with Gasteiger partial charge in [-0.15, -0.1) is 0 Å². The minimum Gasteiger partial charge on any atom is -0.339 e. The van der Waals surface area contributed by atoms with Crippen molar-refractivity contribution in [1.82, 2.24) is 15.5 Å². The second-order valence-electron chi connectivity index (χ2n) is 5.85. The number of nitrogens with zero attached hydrogens (tertiary/aromatic N) is 1. The first-order valence-corrected chi connectivity index (χ1v) is 8.22. The number of fused-ring (bicyclic) bond motifs is 1. The van der Waals surface area contributed by atoms with Gasteiger partial charge in [0.1, 0.15) is 6.04 Å². The highest BCUT2D eigenvalue weighted by Gasteiger charge is 2.20. The Morgan fingerprint density at radius 2 is 1.84 bits per heavy atom. The zero-order valence-electron chi connectivity index (χ0n) is 14.2. The molecule has 0 spiro atoms. The van der Waals surface area contributed by atoms with Gasteiger partial charge >= 0.3 is 0 Å². The standard InChI is InChI=1S/C19H20N4O2/c1-3-13-8-10-14(11-9-13)21-18(24)12(2)20-19(25)17-15-6-4-5-7-16(15)22-23-17/h4-12H,3H2,1-2H3,(H,20,25)(H,21,24)(H,22,23). The van der Waals surface area contributed by atoms with Gasteiger partial charge in [-0.1, -0.05) is 37.3 Å². The molecule has 0 aliphatic heterocycles. The van der Waals surface area contributed by atoms with Crippen molar-refractivity contribution in [2.45, 2.75) is 26.3 Å². The van der Waals surface area contributed by atoms with Crippen LogP contribution in [-0.4, -0.2) is 28.1 Å². The van der Waals surface area contributed by atoms with E-state index in [2.05, 4.69) is 27.8 Å². The first kappa shape index (κ1) is 16.7. The normalized spacial score (nSPS) is 11.9. The summed E-state index contributed by atoms with van der Waals surface area (Å²) in [6, 6.07) is 14.3. The Morgan fingerprint density at radius 1 is 1.12 bits per heavy atom. The van der Waals surface area contributed by atoms with Crippen molar-refractivity contribution in [3.63, 3.8) is 0 Å². The lowest BCUT2D eigenvalue weighted by atomic mass is 10.1. The monoisotopic (exact) mass is 336 g/mol. The van der Waals surface area contributed by atoms with E-state index in [9.17, 15) is 9.59 Å². The molecule has 0 bridgehead atoms. The number of carbonyl (C=O) groups is 2. The molecule has 1 aromatic heterocycles. The van der Waals surface area contributed by atoms with Crippen molar-refractivity contribution in [3.8, 4) is 0 Å². The van der Waals surface area contributed by atoms with Crippen LogP contribution in [0.1, 0.15) is 29.9 Å². The van der Waals surface area contributed by atoms with Crippen LogP contribution in [0.2, 0.25) is 0 Å². The van der Waals surface area contributed by atoms with Gasteiger partial charge in [-0.25, -0.2) is 0 Å². The van der Waals surface area contributed by atoms with Gasteiger partial charge in [-0.2, -0.15) is 5.10 Å². The Labute approximate surface area is 145 Å². The maximum Gasteiger partial charge on any atom is 0.273 e. The molecule has 2 amide bonds. The van der Waals surface area contributed by atoms with Crippen LogP contribution in [0.15, 0.2) is 48.5 Å². The summed E-state index contributed by atoms with van der Waals surface area (Å²) in [7, 11) is 0. The van der Waals surface area contributed by atoms with Crippen LogP contribution < -0.4 is 10.6 Å². The summed E-state index contributed by atoms with van der Waals surface area (Å²) in [4.78, 5) is 24.7. The number of H-pyrrole nitrogens is 1. The number of nitrogens with one attached hydrogen (secondary N) is 3. The van der Waals surface area contributed by atoms with Gasteiger partial charge in [0.2, 0.25) is 5.91 Å². The average molecular weight is 336 g/mol. The molecule has 6 nitrogen and oxygen atoms in total. The molecule has 6 heteroatoms. The molecule has 0 radical (unpaired) electrons. The Balaban J connectivity index is 1.65. The highest BCUT2D eigenvalue weighted by molar-refractivity contribution is 6.06. The van der Waals surface area contributed by atoms with E-state index in [0.29, 0.717) is 5.69 Å². The SMILES string of the molecule is CCc1ccc(NC(=O)C(C)NC(=O)c2n[nH]c3ccccc23)cc1. The number of anilines is 1. The van der Waals surface area contributed by atoms with E-state index in [4.69, 9.17) is 0 Å². The third-order valence-electron chi connectivity index (χ3n) is 4.06. The predicted octanol–water partition coefficient (Wildman–Crippen LogP) is 2.88. The number of aromatic amines is 1. The maximum atomic E-state index is 12.4. The maximum absolute atomic E-state index is 12.4. The summed E-state index contributed by atoms with van der Waals surface area (Å²) in [6.07, 6.45) is 0.943. The van der Waals surface area contributed by atoms with Crippen molar-refractivity contribution < 1.29 is 9.59 Å². The Morgan fingerprint density at radius 3 is 2.56 bits per heavy atom. The molecular formula is C19H20N4O2. The number of benzene rings is 2. The van der Waals surface area contributed by atoms with Crippen LogP contribution in [0, 0.1) is 0 Å². The van der Waals surface area contributed by atoms with E-state index in [-0.39, 0.29) is 17.5 Å². The highest BCUT2D eigenvalue weighted by atomic mass is 16.2. The van der Waals surface area contributed by atoms with Gasteiger partial charge in [0, 0.05) is 11.1 Å². The molecule has 0 saturated carbocycles. The predicted molar refractivity (Wildman–Crippen MR) is 97.5 cm³/mol. The summed E-state index contributed by atoms with van der Waals surface area (Å²) >= 11 is 0. The molecule has 0 aliphatic carbocycles. The van der Waals surface area contributed by atoms with Gasteiger partial charge in [0.15, 0.2) is 5.69 Å². The molecular weight excluding hydrogens is 316 g/mol. The second-order valence-corrected chi connectivity index (χ2v) is 5.85. The van der Waals surface area contributed by atoms with Gasteiger partial charge in [-0.05, 0) is 37.1 Å². The second kappa shape index (κ2) is 7.17. The minimum atomic E-state index is -0.686. The molecule has 1 atom stereocenters. The number of hydrogen-bond donors (Lipinski definition) is 3. The number of aryl methyl sites for hydroxylation is 1. The number of para-hydroxylation sites is 1. The van der Waals surface area contributed by atoms with Crippen molar-refractivity contribution >= 4 is 28.4 Å². The zero-order chi connectivity index (χ0) is 17.8. The first-order valence-electron chi connectivity index (χ1n) is 8.22. The molecule has 0 fully saturated rings.